The van der Waals surface area contributed by atoms with Crippen molar-refractivity contribution in [1.29, 1.82) is 0 Å². The topological polar surface area (TPSA) is 54.4 Å². The molecule has 1 saturated heterocycles. The summed E-state index contributed by atoms with van der Waals surface area (Å²) in [6, 6.07) is 5.61. The van der Waals surface area contributed by atoms with Crippen LogP contribution in [-0.2, 0) is 11.3 Å². The first kappa shape index (κ1) is 19.0. The highest BCUT2D eigenvalue weighted by Crippen LogP contribution is 2.24. The maximum absolute atomic E-state index is 10.2. The van der Waals surface area contributed by atoms with Gasteiger partial charge in [-0.25, -0.2) is 0 Å². The Morgan fingerprint density at radius 3 is 2.42 bits per heavy atom. The minimum absolute atomic E-state index is 0.314. The van der Waals surface area contributed by atoms with E-state index in [1.54, 1.807) is 14.2 Å². The van der Waals surface area contributed by atoms with E-state index >= 15 is 0 Å². The van der Waals surface area contributed by atoms with E-state index < -0.39 is 6.10 Å². The fourth-order valence-electron chi connectivity index (χ4n) is 2.94. The van der Waals surface area contributed by atoms with Crippen LogP contribution in [-0.4, -0.2) is 81.1 Å². The maximum atomic E-state index is 10.2. The number of hydrogen-bond donors (Lipinski definition) is 1. The summed E-state index contributed by atoms with van der Waals surface area (Å²) in [6.07, 6.45) is -0.477. The Hall–Kier alpha value is -1.34. The summed E-state index contributed by atoms with van der Waals surface area (Å²) in [5.41, 5.74) is 0.917. The lowest BCUT2D eigenvalue weighted by atomic mass is 10.2. The summed E-state index contributed by atoms with van der Waals surface area (Å²) in [4.78, 5) is 4.72. The van der Waals surface area contributed by atoms with Crippen LogP contribution in [0.1, 0.15) is 12.5 Å². The van der Waals surface area contributed by atoms with Gasteiger partial charge in [0.2, 0.25) is 0 Å². The van der Waals surface area contributed by atoms with Gasteiger partial charge in [0.05, 0.1) is 33.5 Å². The first-order valence-corrected chi connectivity index (χ1v) is 8.57. The van der Waals surface area contributed by atoms with Crippen molar-refractivity contribution in [2.45, 2.75) is 19.6 Å². The third-order valence-electron chi connectivity index (χ3n) is 4.44. The molecule has 1 heterocycles. The predicted molar refractivity (Wildman–Crippen MR) is 93.8 cm³/mol. The Morgan fingerprint density at radius 2 is 1.79 bits per heavy atom. The fourth-order valence-corrected chi connectivity index (χ4v) is 2.94. The zero-order valence-electron chi connectivity index (χ0n) is 15.0. The summed E-state index contributed by atoms with van der Waals surface area (Å²) in [5, 5.41) is 10.2. The summed E-state index contributed by atoms with van der Waals surface area (Å²) < 4.78 is 16.2. The minimum Gasteiger partial charge on any atom is -0.497 e. The van der Waals surface area contributed by atoms with Gasteiger partial charge >= 0.3 is 0 Å². The molecule has 1 atom stereocenters. The molecule has 6 nitrogen and oxygen atoms in total. The summed E-state index contributed by atoms with van der Waals surface area (Å²) in [7, 11) is 3.27. The van der Waals surface area contributed by atoms with E-state index in [0.29, 0.717) is 19.8 Å². The molecule has 1 fully saturated rings. The molecule has 136 valence electrons. The summed E-state index contributed by atoms with van der Waals surface area (Å²) in [5.74, 6) is 1.53. The number of ether oxygens (including phenoxy) is 3. The number of β-amino-alcohol motifs (C(OH)–C–C–N with tert-alkyl or cyclic N) is 1. The number of rotatable bonds is 9. The molecular weight excluding hydrogens is 308 g/mol. The van der Waals surface area contributed by atoms with Crippen LogP contribution < -0.4 is 9.47 Å². The van der Waals surface area contributed by atoms with Crippen molar-refractivity contribution < 1.29 is 19.3 Å². The van der Waals surface area contributed by atoms with Crippen LogP contribution in [0.4, 0.5) is 0 Å². The van der Waals surface area contributed by atoms with E-state index in [4.69, 9.17) is 14.2 Å². The lowest BCUT2D eigenvalue weighted by molar-refractivity contribution is 0.00133. The smallest absolute Gasteiger partial charge is 0.124 e. The molecule has 6 heteroatoms. The van der Waals surface area contributed by atoms with Crippen molar-refractivity contribution in [2.24, 2.45) is 0 Å². The quantitative estimate of drug-likeness (QED) is 0.731. The van der Waals surface area contributed by atoms with Gasteiger partial charge < -0.3 is 24.2 Å². The molecule has 0 aromatic heterocycles. The van der Waals surface area contributed by atoms with Crippen LogP contribution in [0.3, 0.4) is 0 Å². The zero-order chi connectivity index (χ0) is 17.4. The highest BCUT2D eigenvalue weighted by molar-refractivity contribution is 5.39. The van der Waals surface area contributed by atoms with E-state index in [-0.39, 0.29) is 0 Å². The third kappa shape index (κ3) is 5.63. The van der Waals surface area contributed by atoms with Gasteiger partial charge in [0.1, 0.15) is 11.5 Å². The van der Waals surface area contributed by atoms with E-state index in [2.05, 4.69) is 16.7 Å². The predicted octanol–water partition coefficient (Wildman–Crippen LogP) is 1.22. The highest BCUT2D eigenvalue weighted by Gasteiger charge is 2.18. The number of likely N-dealkylation sites (N-methyl/N-ethyl adjacent to an activating group) is 1. The molecular formula is C18H30N2O4. The third-order valence-corrected chi connectivity index (χ3v) is 4.44. The Labute approximate surface area is 144 Å². The van der Waals surface area contributed by atoms with Gasteiger partial charge in [-0.3, -0.25) is 4.90 Å². The van der Waals surface area contributed by atoms with Crippen molar-refractivity contribution in [2.75, 3.05) is 60.1 Å². The molecule has 2 rings (SSSR count). The van der Waals surface area contributed by atoms with Crippen molar-refractivity contribution in [1.82, 2.24) is 9.80 Å². The second-order valence-electron chi connectivity index (χ2n) is 6.08. The van der Waals surface area contributed by atoms with Gasteiger partial charge in [-0.05, 0) is 24.7 Å². The van der Waals surface area contributed by atoms with Gasteiger partial charge in [0.15, 0.2) is 0 Å². The summed E-state index contributed by atoms with van der Waals surface area (Å²) >= 11 is 0. The van der Waals surface area contributed by atoms with E-state index in [1.807, 2.05) is 18.2 Å². The number of aliphatic hydroxyl groups excluding tert-OH is 1. The zero-order valence-corrected chi connectivity index (χ0v) is 15.0. The van der Waals surface area contributed by atoms with Gasteiger partial charge in [-0.1, -0.05) is 6.92 Å². The molecule has 0 unspecified atom stereocenters. The molecule has 1 N–H and O–H groups in total. The first-order chi connectivity index (χ1) is 11.7. The second-order valence-corrected chi connectivity index (χ2v) is 6.08. The molecule has 1 aliphatic heterocycles. The van der Waals surface area contributed by atoms with Crippen LogP contribution >= 0.6 is 0 Å². The van der Waals surface area contributed by atoms with Crippen molar-refractivity contribution in [3.05, 3.63) is 23.8 Å². The Balaban J connectivity index is 1.73. The fraction of sp³-hybridized carbons (Fsp3) is 0.667. The molecule has 24 heavy (non-hydrogen) atoms. The Kier molecular flexibility index (Phi) is 7.78. The lowest BCUT2D eigenvalue weighted by Crippen LogP contribution is -2.48. The van der Waals surface area contributed by atoms with E-state index in [9.17, 15) is 5.11 Å². The van der Waals surface area contributed by atoms with Crippen LogP contribution in [0.5, 0.6) is 11.5 Å². The Bertz CT molecular complexity index is 490. The molecule has 1 aromatic carbocycles. The van der Waals surface area contributed by atoms with Crippen molar-refractivity contribution in [3.63, 3.8) is 0 Å². The standard InChI is InChI=1S/C18H30N2O4/c1-4-19-7-9-20(10-8-19)12-16(21)14-24-13-15-11-17(22-2)5-6-18(15)23-3/h5-6,11,16,21H,4,7-10,12-14H2,1-3H3/t16-/m1/s1. The Morgan fingerprint density at radius 1 is 1.08 bits per heavy atom. The van der Waals surface area contributed by atoms with Crippen LogP contribution in [0.15, 0.2) is 18.2 Å². The number of benzene rings is 1. The minimum atomic E-state index is -0.477. The highest BCUT2D eigenvalue weighted by atomic mass is 16.5. The molecule has 0 amide bonds. The molecule has 0 aliphatic carbocycles. The number of aliphatic hydroxyl groups is 1. The molecule has 0 radical (unpaired) electrons. The molecule has 1 aliphatic rings. The van der Waals surface area contributed by atoms with Gasteiger partial charge in [0, 0.05) is 38.3 Å². The van der Waals surface area contributed by atoms with Crippen molar-refractivity contribution in [3.8, 4) is 11.5 Å². The van der Waals surface area contributed by atoms with Crippen LogP contribution in [0, 0.1) is 0 Å². The van der Waals surface area contributed by atoms with Gasteiger partial charge in [-0.15, -0.1) is 0 Å². The van der Waals surface area contributed by atoms with Crippen LogP contribution in [0.25, 0.3) is 0 Å². The SMILES string of the molecule is CCN1CCN(C[C@@H](O)COCc2cc(OC)ccc2OC)CC1. The number of methoxy groups -OCH3 is 2. The molecule has 1 aromatic rings. The summed E-state index contributed by atoms with van der Waals surface area (Å²) in [6.45, 7) is 8.81. The number of piperazine rings is 1. The molecule has 0 saturated carbocycles. The second kappa shape index (κ2) is 9.84. The first-order valence-electron chi connectivity index (χ1n) is 8.57. The normalized spacial score (nSPS) is 17.7. The monoisotopic (exact) mass is 338 g/mol. The van der Waals surface area contributed by atoms with Crippen molar-refractivity contribution >= 4 is 0 Å². The maximum Gasteiger partial charge on any atom is 0.124 e. The average molecular weight is 338 g/mol. The van der Waals surface area contributed by atoms with E-state index in [1.165, 1.54) is 0 Å². The number of nitrogens with zero attached hydrogens (tertiary/aromatic N) is 2. The lowest BCUT2D eigenvalue weighted by Gasteiger charge is -2.34. The average Bonchev–Trinajstić information content (AvgIpc) is 2.62. The van der Waals surface area contributed by atoms with Crippen LogP contribution in [0.2, 0.25) is 0 Å². The van der Waals surface area contributed by atoms with Gasteiger partial charge in [0.25, 0.3) is 0 Å². The largest absolute Gasteiger partial charge is 0.497 e. The number of hydrogen-bond acceptors (Lipinski definition) is 6. The van der Waals surface area contributed by atoms with E-state index in [0.717, 1.165) is 49.8 Å². The molecule has 0 bridgehead atoms. The van der Waals surface area contributed by atoms with Gasteiger partial charge in [-0.2, -0.15) is 0 Å². The molecule has 0 spiro atoms.